The van der Waals surface area contributed by atoms with E-state index in [1.807, 2.05) is 26.0 Å². The zero-order valence-corrected chi connectivity index (χ0v) is 20.5. The molecule has 0 aromatic heterocycles. The molecule has 0 atom stereocenters. The molecule has 32 heavy (non-hydrogen) atoms. The summed E-state index contributed by atoms with van der Waals surface area (Å²) < 4.78 is 25.3. The molecule has 0 bridgehead atoms. The molecule has 0 amide bonds. The Balaban J connectivity index is 2.03. The van der Waals surface area contributed by atoms with Crippen molar-refractivity contribution in [3.05, 3.63) is 59.2 Å². The molecule has 0 aliphatic heterocycles. The Morgan fingerprint density at radius 3 is 2.03 bits per heavy atom. The first kappa shape index (κ1) is 25.9. The lowest BCUT2D eigenvalue weighted by Crippen LogP contribution is -2.21. The van der Waals surface area contributed by atoms with E-state index in [0.29, 0.717) is 17.7 Å². The quantitative estimate of drug-likeness (QED) is 0.190. The van der Waals surface area contributed by atoms with E-state index in [0.717, 1.165) is 30.4 Å². The smallest absolute Gasteiger partial charge is 0.276 e. The van der Waals surface area contributed by atoms with Gasteiger partial charge in [0.05, 0.1) is 10.6 Å². The van der Waals surface area contributed by atoms with Crippen molar-refractivity contribution in [1.29, 1.82) is 0 Å². The van der Waals surface area contributed by atoms with Gasteiger partial charge in [-0.15, -0.1) is 0 Å². The van der Waals surface area contributed by atoms with Crippen LogP contribution in [0.1, 0.15) is 87.8 Å². The van der Waals surface area contributed by atoms with Gasteiger partial charge in [0.25, 0.3) is 10.0 Å². The molecule has 2 aromatic rings. The molecule has 2 rings (SSSR count). The van der Waals surface area contributed by atoms with Gasteiger partial charge in [0.15, 0.2) is 0 Å². The van der Waals surface area contributed by atoms with Gasteiger partial charge >= 0.3 is 0 Å². The lowest BCUT2D eigenvalue weighted by atomic mass is 10.00. The molecular formula is C26H38N2O3S. The van der Waals surface area contributed by atoms with Crippen LogP contribution >= 0.6 is 0 Å². The fourth-order valence-electron chi connectivity index (χ4n) is 3.62. The molecule has 0 aliphatic carbocycles. The topological polar surface area (TPSA) is 78.8 Å². The Hall–Kier alpha value is -2.34. The van der Waals surface area contributed by atoms with Crippen molar-refractivity contribution in [2.45, 2.75) is 89.9 Å². The predicted octanol–water partition coefficient (Wildman–Crippen LogP) is 6.61. The van der Waals surface area contributed by atoms with Crippen molar-refractivity contribution in [1.82, 2.24) is 4.83 Å². The number of benzene rings is 2. The zero-order valence-electron chi connectivity index (χ0n) is 19.7. The number of aryl methyl sites for hydroxylation is 2. The highest BCUT2D eigenvalue weighted by molar-refractivity contribution is 7.89. The number of nitrogens with zero attached hydrogens (tertiary/aromatic N) is 1. The largest absolute Gasteiger partial charge is 0.507 e. The molecule has 6 heteroatoms. The van der Waals surface area contributed by atoms with E-state index in [2.05, 4.69) is 16.9 Å². The maximum absolute atomic E-state index is 12.7. The molecule has 176 valence electrons. The first-order chi connectivity index (χ1) is 15.3. The SMILES string of the molecule is CCCCCCCCCCC/C(=N/NS(=O)(=O)c1ccc(C)cc1)c1cc(C)ccc1O. The summed E-state index contributed by atoms with van der Waals surface area (Å²) in [6.07, 6.45) is 11.4. The summed E-state index contributed by atoms with van der Waals surface area (Å²) in [5.74, 6) is 0.111. The number of phenolic OH excluding ortho intramolecular Hbond substituents is 1. The van der Waals surface area contributed by atoms with Crippen LogP contribution in [0.5, 0.6) is 5.75 Å². The van der Waals surface area contributed by atoms with Crippen molar-refractivity contribution in [3.8, 4) is 5.75 Å². The summed E-state index contributed by atoms with van der Waals surface area (Å²) in [6.45, 7) is 6.08. The molecule has 0 saturated carbocycles. The molecule has 0 spiro atoms. The second-order valence-corrected chi connectivity index (χ2v) is 10.2. The number of aromatic hydroxyl groups is 1. The highest BCUT2D eigenvalue weighted by Crippen LogP contribution is 2.22. The van der Waals surface area contributed by atoms with Crippen LogP contribution < -0.4 is 4.83 Å². The number of hydrazone groups is 1. The van der Waals surface area contributed by atoms with E-state index < -0.39 is 10.0 Å². The van der Waals surface area contributed by atoms with Crippen LogP contribution in [0.2, 0.25) is 0 Å². The van der Waals surface area contributed by atoms with Gasteiger partial charge in [-0.25, -0.2) is 0 Å². The van der Waals surface area contributed by atoms with Gasteiger partial charge in [-0.05, 0) is 51.0 Å². The van der Waals surface area contributed by atoms with E-state index in [-0.39, 0.29) is 10.6 Å². The average Bonchev–Trinajstić information content (AvgIpc) is 2.77. The van der Waals surface area contributed by atoms with Gasteiger partial charge in [0.2, 0.25) is 0 Å². The van der Waals surface area contributed by atoms with Crippen LogP contribution in [-0.4, -0.2) is 19.2 Å². The standard InChI is InChI=1S/C26H38N2O3S/c1-4-5-6-7-8-9-10-11-12-13-25(24-20-22(3)16-19-26(24)29)27-28-32(30,31)23-17-14-21(2)15-18-23/h14-20,28-29H,4-13H2,1-3H3/b27-25-. The van der Waals surface area contributed by atoms with Crippen molar-refractivity contribution >= 4 is 15.7 Å². The Labute approximate surface area is 194 Å². The van der Waals surface area contributed by atoms with Gasteiger partial charge in [0, 0.05) is 5.56 Å². The number of rotatable bonds is 14. The highest BCUT2D eigenvalue weighted by atomic mass is 32.2. The maximum Gasteiger partial charge on any atom is 0.276 e. The minimum atomic E-state index is -3.77. The summed E-state index contributed by atoms with van der Waals surface area (Å²) in [5, 5.41) is 14.6. The summed E-state index contributed by atoms with van der Waals surface area (Å²) in [5.41, 5.74) is 3.11. The minimum absolute atomic E-state index is 0.111. The minimum Gasteiger partial charge on any atom is -0.507 e. The molecule has 0 heterocycles. The van der Waals surface area contributed by atoms with Crippen LogP contribution in [-0.2, 0) is 10.0 Å². The summed E-state index contributed by atoms with van der Waals surface area (Å²) >= 11 is 0. The summed E-state index contributed by atoms with van der Waals surface area (Å²) in [4.78, 5) is 2.54. The van der Waals surface area contributed by atoms with Gasteiger partial charge in [-0.2, -0.15) is 18.4 Å². The third-order valence-corrected chi connectivity index (χ3v) is 6.84. The predicted molar refractivity (Wildman–Crippen MR) is 133 cm³/mol. The number of hydrogen-bond acceptors (Lipinski definition) is 4. The van der Waals surface area contributed by atoms with Crippen molar-refractivity contribution in [2.24, 2.45) is 5.10 Å². The van der Waals surface area contributed by atoms with Crippen LogP contribution in [0.4, 0.5) is 0 Å². The molecule has 0 aliphatic rings. The molecule has 0 unspecified atom stereocenters. The highest BCUT2D eigenvalue weighted by Gasteiger charge is 2.15. The van der Waals surface area contributed by atoms with Crippen LogP contribution in [0.3, 0.4) is 0 Å². The summed E-state index contributed by atoms with van der Waals surface area (Å²) in [7, 11) is -3.77. The van der Waals surface area contributed by atoms with Gasteiger partial charge < -0.3 is 5.11 Å². The normalized spacial score (nSPS) is 12.2. The Kier molecular flexibility index (Phi) is 10.7. The average molecular weight is 459 g/mol. The molecule has 0 radical (unpaired) electrons. The van der Waals surface area contributed by atoms with Gasteiger partial charge in [-0.1, -0.05) is 87.6 Å². The molecular weight excluding hydrogens is 420 g/mol. The second kappa shape index (κ2) is 13.3. The van der Waals surface area contributed by atoms with E-state index in [4.69, 9.17) is 0 Å². The fourth-order valence-corrected chi connectivity index (χ4v) is 4.45. The third-order valence-electron chi connectivity index (χ3n) is 5.61. The lowest BCUT2D eigenvalue weighted by Gasteiger charge is -2.11. The van der Waals surface area contributed by atoms with E-state index in [1.165, 1.54) is 38.5 Å². The number of unbranched alkanes of at least 4 members (excludes halogenated alkanes) is 8. The Morgan fingerprint density at radius 2 is 1.41 bits per heavy atom. The van der Waals surface area contributed by atoms with Crippen LogP contribution in [0.15, 0.2) is 52.5 Å². The fraction of sp³-hybridized carbons (Fsp3) is 0.500. The zero-order chi connectivity index (χ0) is 23.4. The van der Waals surface area contributed by atoms with Gasteiger partial charge in [-0.3, -0.25) is 0 Å². The molecule has 0 fully saturated rings. The lowest BCUT2D eigenvalue weighted by molar-refractivity contribution is 0.473. The first-order valence-electron chi connectivity index (χ1n) is 11.8. The van der Waals surface area contributed by atoms with Crippen molar-refractivity contribution in [3.63, 3.8) is 0 Å². The van der Waals surface area contributed by atoms with Crippen LogP contribution in [0.25, 0.3) is 0 Å². The number of hydrogen-bond donors (Lipinski definition) is 2. The third kappa shape index (κ3) is 8.65. The van der Waals surface area contributed by atoms with Crippen molar-refractivity contribution < 1.29 is 13.5 Å². The molecule has 2 aromatic carbocycles. The second-order valence-electron chi connectivity index (χ2n) is 8.57. The first-order valence-corrected chi connectivity index (χ1v) is 13.3. The number of nitrogens with one attached hydrogen (secondary N) is 1. The Bertz CT molecular complexity index is 967. The molecule has 5 nitrogen and oxygen atoms in total. The maximum atomic E-state index is 12.7. The summed E-state index contributed by atoms with van der Waals surface area (Å²) in [6, 6.07) is 12.0. The monoisotopic (exact) mass is 458 g/mol. The number of phenols is 1. The van der Waals surface area contributed by atoms with Crippen molar-refractivity contribution in [2.75, 3.05) is 0 Å². The Morgan fingerprint density at radius 1 is 0.844 bits per heavy atom. The molecule has 2 N–H and O–H groups in total. The van der Waals surface area contributed by atoms with E-state index >= 15 is 0 Å². The van der Waals surface area contributed by atoms with Crippen LogP contribution in [0, 0.1) is 13.8 Å². The van der Waals surface area contributed by atoms with E-state index in [9.17, 15) is 13.5 Å². The van der Waals surface area contributed by atoms with E-state index in [1.54, 1.807) is 30.3 Å². The molecule has 0 saturated heterocycles. The van der Waals surface area contributed by atoms with Gasteiger partial charge in [0.1, 0.15) is 5.75 Å². The number of sulfonamides is 1.